The number of ether oxygens (including phenoxy) is 1. The van der Waals surface area contributed by atoms with Crippen molar-refractivity contribution in [1.29, 1.82) is 0 Å². The van der Waals surface area contributed by atoms with Gasteiger partial charge in [0.05, 0.1) is 4.91 Å². The number of nitrogens with one attached hydrogen (secondary N) is 1. The lowest BCUT2D eigenvalue weighted by Gasteiger charge is -2.23. The molecule has 0 saturated carbocycles. The molecule has 1 unspecified atom stereocenters. The van der Waals surface area contributed by atoms with Crippen LogP contribution in [0.15, 0.2) is 77.7 Å². The van der Waals surface area contributed by atoms with E-state index in [1.54, 1.807) is 54.6 Å². The molecule has 10 heteroatoms. The van der Waals surface area contributed by atoms with Crippen molar-refractivity contribution in [3.05, 3.63) is 99.4 Å². The molecule has 1 aliphatic heterocycles. The summed E-state index contributed by atoms with van der Waals surface area (Å²) in [4.78, 5) is 39.2. The van der Waals surface area contributed by atoms with Gasteiger partial charge in [0, 0.05) is 22.7 Å². The highest BCUT2D eigenvalue weighted by Crippen LogP contribution is 2.36. The number of halogens is 1. The molecular formula is C28H23ClN2O5S2. The van der Waals surface area contributed by atoms with Crippen molar-refractivity contribution in [2.75, 3.05) is 11.9 Å². The summed E-state index contributed by atoms with van der Waals surface area (Å²) in [6.45, 7) is 1.62. The first kappa shape index (κ1) is 27.4. The molecule has 0 aliphatic carbocycles. The van der Waals surface area contributed by atoms with Gasteiger partial charge in [-0.2, -0.15) is 0 Å². The number of rotatable bonds is 9. The molecule has 3 aromatic carbocycles. The second-order valence-electron chi connectivity index (χ2n) is 8.43. The number of nitrogens with zero attached hydrogens (tertiary/aromatic N) is 1. The Morgan fingerprint density at radius 2 is 1.84 bits per heavy atom. The summed E-state index contributed by atoms with van der Waals surface area (Å²) >= 11 is 12.6. The van der Waals surface area contributed by atoms with Crippen LogP contribution in [0.2, 0.25) is 5.02 Å². The number of anilines is 1. The van der Waals surface area contributed by atoms with Gasteiger partial charge in [-0.3, -0.25) is 14.5 Å². The van der Waals surface area contributed by atoms with E-state index in [4.69, 9.17) is 28.6 Å². The number of carbonyl (C=O) groups excluding carboxylic acids is 2. The van der Waals surface area contributed by atoms with Crippen LogP contribution in [0.1, 0.15) is 16.7 Å². The highest BCUT2D eigenvalue weighted by atomic mass is 35.5. The van der Waals surface area contributed by atoms with E-state index in [0.29, 0.717) is 22.0 Å². The van der Waals surface area contributed by atoms with E-state index < -0.39 is 17.9 Å². The summed E-state index contributed by atoms with van der Waals surface area (Å²) in [7, 11) is 0. The number of thioether (sulfide) groups is 1. The fourth-order valence-electron chi connectivity index (χ4n) is 3.82. The van der Waals surface area contributed by atoms with E-state index in [0.717, 1.165) is 27.8 Å². The Labute approximate surface area is 234 Å². The van der Waals surface area contributed by atoms with Crippen LogP contribution in [-0.2, 0) is 20.8 Å². The van der Waals surface area contributed by atoms with Crippen LogP contribution in [-0.4, -0.2) is 44.8 Å². The zero-order valence-electron chi connectivity index (χ0n) is 20.2. The van der Waals surface area contributed by atoms with Gasteiger partial charge >= 0.3 is 5.97 Å². The number of para-hydroxylation sites is 1. The van der Waals surface area contributed by atoms with Crippen LogP contribution < -0.4 is 10.1 Å². The van der Waals surface area contributed by atoms with E-state index in [-0.39, 0.29) is 28.2 Å². The quantitative estimate of drug-likeness (QED) is 0.258. The lowest BCUT2D eigenvalue weighted by atomic mass is 10.0. The van der Waals surface area contributed by atoms with Gasteiger partial charge < -0.3 is 15.2 Å². The smallest absolute Gasteiger partial charge is 0.327 e. The van der Waals surface area contributed by atoms with Crippen LogP contribution in [0.3, 0.4) is 0 Å². The highest BCUT2D eigenvalue weighted by Gasteiger charge is 2.40. The van der Waals surface area contributed by atoms with Crippen LogP contribution in [0, 0.1) is 6.92 Å². The zero-order valence-corrected chi connectivity index (χ0v) is 22.6. The third-order valence-corrected chi connectivity index (χ3v) is 7.29. The second kappa shape index (κ2) is 12.3. The minimum atomic E-state index is -1.16. The molecule has 38 heavy (non-hydrogen) atoms. The predicted octanol–water partition coefficient (Wildman–Crippen LogP) is 5.56. The molecule has 3 aromatic rings. The fourth-order valence-corrected chi connectivity index (χ4v) is 5.35. The molecule has 7 nitrogen and oxygen atoms in total. The number of hydrogen-bond acceptors (Lipinski definition) is 6. The molecule has 194 valence electrons. The molecule has 1 fully saturated rings. The highest BCUT2D eigenvalue weighted by molar-refractivity contribution is 8.26. The Balaban J connectivity index is 1.52. The second-order valence-corrected chi connectivity index (χ2v) is 10.5. The van der Waals surface area contributed by atoms with Crippen molar-refractivity contribution < 1.29 is 24.2 Å². The third kappa shape index (κ3) is 6.61. The first-order valence-electron chi connectivity index (χ1n) is 11.5. The monoisotopic (exact) mass is 566 g/mol. The fraction of sp³-hybridized carbons (Fsp3) is 0.143. The number of carbonyl (C=O) groups is 3. The Morgan fingerprint density at radius 3 is 2.55 bits per heavy atom. The standard InChI is InChI=1S/C28H23ClN2O5S2/c1-17-7-5-6-10-21(17)30-25(32)16-36-23-12-11-20(29)14-19(23)15-24-26(33)31(28(37)38-24)22(27(34)35)13-18-8-3-2-4-9-18/h2-12,14-15,22H,13,16H2,1H3,(H,30,32)(H,34,35)/b24-15-. The van der Waals surface area contributed by atoms with E-state index in [1.165, 1.54) is 0 Å². The minimum absolute atomic E-state index is 0.109. The van der Waals surface area contributed by atoms with E-state index in [9.17, 15) is 19.5 Å². The Kier molecular flexibility index (Phi) is 8.83. The summed E-state index contributed by atoms with van der Waals surface area (Å²) in [5, 5.41) is 13.1. The number of aliphatic carboxylic acids is 1. The molecule has 2 amide bonds. The van der Waals surface area contributed by atoms with Gasteiger partial charge in [0.15, 0.2) is 6.61 Å². The van der Waals surface area contributed by atoms with E-state index >= 15 is 0 Å². The summed E-state index contributed by atoms with van der Waals surface area (Å²) < 4.78 is 5.90. The minimum Gasteiger partial charge on any atom is -0.483 e. The van der Waals surface area contributed by atoms with Gasteiger partial charge in [-0.1, -0.05) is 84.1 Å². The van der Waals surface area contributed by atoms with Gasteiger partial charge in [-0.05, 0) is 48.4 Å². The number of benzene rings is 3. The molecule has 4 rings (SSSR count). The normalized spacial score (nSPS) is 15.0. The number of thiocarbonyl (C=S) groups is 1. The number of hydrogen-bond donors (Lipinski definition) is 2. The van der Waals surface area contributed by atoms with Gasteiger partial charge in [0.2, 0.25) is 0 Å². The lowest BCUT2D eigenvalue weighted by Crippen LogP contribution is -2.45. The molecule has 1 aliphatic rings. The maximum absolute atomic E-state index is 13.3. The first-order chi connectivity index (χ1) is 18.2. The molecule has 1 atom stereocenters. The number of aryl methyl sites for hydroxylation is 1. The predicted molar refractivity (Wildman–Crippen MR) is 153 cm³/mol. The molecule has 0 spiro atoms. The average molecular weight is 567 g/mol. The van der Waals surface area contributed by atoms with Gasteiger partial charge in [-0.25, -0.2) is 4.79 Å². The average Bonchev–Trinajstić information content (AvgIpc) is 3.16. The van der Waals surface area contributed by atoms with Crippen molar-refractivity contribution in [1.82, 2.24) is 4.90 Å². The van der Waals surface area contributed by atoms with Crippen molar-refractivity contribution in [2.24, 2.45) is 0 Å². The molecule has 0 radical (unpaired) electrons. The largest absolute Gasteiger partial charge is 0.483 e. The van der Waals surface area contributed by atoms with Crippen LogP contribution in [0.5, 0.6) is 5.75 Å². The zero-order chi connectivity index (χ0) is 27.2. The topological polar surface area (TPSA) is 95.9 Å². The SMILES string of the molecule is Cc1ccccc1NC(=O)COc1ccc(Cl)cc1/C=C1\SC(=S)N(C(Cc2ccccc2)C(=O)O)C1=O. The molecule has 1 saturated heterocycles. The summed E-state index contributed by atoms with van der Waals surface area (Å²) in [5.41, 5.74) is 2.83. The molecular weight excluding hydrogens is 544 g/mol. The number of carboxylic acid groups (broad SMARTS) is 1. The number of carboxylic acids is 1. The van der Waals surface area contributed by atoms with Gasteiger partial charge in [0.1, 0.15) is 16.1 Å². The number of amides is 2. The summed E-state index contributed by atoms with van der Waals surface area (Å²) in [5.74, 6) is -1.69. The first-order valence-corrected chi connectivity index (χ1v) is 13.1. The van der Waals surface area contributed by atoms with Crippen LogP contribution >= 0.6 is 35.6 Å². The maximum atomic E-state index is 13.3. The van der Waals surface area contributed by atoms with Crippen molar-refractivity contribution in [3.63, 3.8) is 0 Å². The van der Waals surface area contributed by atoms with E-state index in [1.807, 2.05) is 31.2 Å². The third-order valence-electron chi connectivity index (χ3n) is 5.73. The maximum Gasteiger partial charge on any atom is 0.327 e. The summed E-state index contributed by atoms with van der Waals surface area (Å²) in [6, 6.07) is 20.1. The van der Waals surface area contributed by atoms with Crippen LogP contribution in [0.4, 0.5) is 5.69 Å². The Morgan fingerprint density at radius 1 is 1.13 bits per heavy atom. The van der Waals surface area contributed by atoms with Crippen molar-refractivity contribution >= 4 is 69.4 Å². The van der Waals surface area contributed by atoms with Gasteiger partial charge in [-0.15, -0.1) is 0 Å². The van der Waals surface area contributed by atoms with Gasteiger partial charge in [0.25, 0.3) is 11.8 Å². The molecule has 1 heterocycles. The van der Waals surface area contributed by atoms with E-state index in [2.05, 4.69) is 5.32 Å². The summed E-state index contributed by atoms with van der Waals surface area (Å²) in [6.07, 6.45) is 1.65. The molecule has 0 bridgehead atoms. The Hall–Kier alpha value is -3.66. The van der Waals surface area contributed by atoms with Crippen LogP contribution in [0.25, 0.3) is 6.08 Å². The molecule has 2 N–H and O–H groups in total. The lowest BCUT2D eigenvalue weighted by molar-refractivity contribution is -0.145. The Bertz CT molecular complexity index is 1430. The van der Waals surface area contributed by atoms with Crippen molar-refractivity contribution in [3.8, 4) is 5.75 Å². The van der Waals surface area contributed by atoms with Crippen molar-refractivity contribution in [2.45, 2.75) is 19.4 Å². The molecule has 0 aromatic heterocycles.